The Labute approximate surface area is 75.5 Å². The van der Waals surface area contributed by atoms with Crippen LogP contribution in [0.15, 0.2) is 11.6 Å². The van der Waals surface area contributed by atoms with Gasteiger partial charge in [-0.05, 0) is 6.08 Å². The lowest BCUT2D eigenvalue weighted by Gasteiger charge is -2.37. The van der Waals surface area contributed by atoms with Gasteiger partial charge in [0.05, 0.1) is 11.3 Å². The predicted molar refractivity (Wildman–Crippen MR) is 47.2 cm³/mol. The van der Waals surface area contributed by atoms with E-state index in [2.05, 4.69) is 0 Å². The van der Waals surface area contributed by atoms with Crippen LogP contribution in [0.3, 0.4) is 0 Å². The Balaban J connectivity index is 2.99. The zero-order valence-corrected chi connectivity index (χ0v) is 7.16. The molecule has 74 valence electrons. The minimum absolute atomic E-state index is 0.0706. The van der Waals surface area contributed by atoms with Gasteiger partial charge in [-0.25, -0.2) is 4.79 Å². The van der Waals surface area contributed by atoms with Gasteiger partial charge >= 0.3 is 5.97 Å². The largest absolute Gasteiger partial charge is 0.478 e. The maximum absolute atomic E-state index is 10.6. The fourth-order valence-corrected chi connectivity index (χ4v) is 1.55. The van der Waals surface area contributed by atoms with Crippen molar-refractivity contribution in [3.63, 3.8) is 0 Å². The van der Waals surface area contributed by atoms with E-state index in [0.717, 1.165) is 0 Å². The van der Waals surface area contributed by atoms with E-state index in [1.807, 2.05) is 0 Å². The standard InChI is InChI=1S/C7H14N4O2/c8-6(9)1-4(5(12)13)2-7(10,11)3-6/h1H,2-3,8-11H2,(H,12,13). The summed E-state index contributed by atoms with van der Waals surface area (Å²) >= 11 is 0. The van der Waals surface area contributed by atoms with Gasteiger partial charge in [-0.2, -0.15) is 0 Å². The molecule has 1 rings (SSSR count). The topological polar surface area (TPSA) is 141 Å². The zero-order valence-electron chi connectivity index (χ0n) is 7.16. The summed E-state index contributed by atoms with van der Waals surface area (Å²) in [6, 6.07) is 0. The summed E-state index contributed by atoms with van der Waals surface area (Å²) < 4.78 is 0. The normalized spacial score (nSPS) is 25.1. The van der Waals surface area contributed by atoms with Crippen LogP contribution in [-0.2, 0) is 4.79 Å². The lowest BCUT2D eigenvalue weighted by atomic mass is 9.84. The summed E-state index contributed by atoms with van der Waals surface area (Å²) in [6.45, 7) is 0. The van der Waals surface area contributed by atoms with Crippen LogP contribution in [0, 0.1) is 0 Å². The fraction of sp³-hybridized carbons (Fsp3) is 0.571. The van der Waals surface area contributed by atoms with Gasteiger partial charge in [0.2, 0.25) is 0 Å². The zero-order chi connectivity index (χ0) is 10.3. The van der Waals surface area contributed by atoms with Crippen LogP contribution in [0.4, 0.5) is 0 Å². The highest BCUT2D eigenvalue weighted by Crippen LogP contribution is 2.25. The Morgan fingerprint density at radius 2 is 1.92 bits per heavy atom. The second kappa shape index (κ2) is 2.78. The fourth-order valence-electron chi connectivity index (χ4n) is 1.55. The Morgan fingerprint density at radius 1 is 1.38 bits per heavy atom. The quantitative estimate of drug-likeness (QED) is 0.300. The molecule has 0 saturated carbocycles. The Morgan fingerprint density at radius 3 is 2.31 bits per heavy atom. The molecule has 1 aliphatic carbocycles. The number of rotatable bonds is 1. The number of aliphatic carboxylic acids is 1. The number of carbonyl (C=O) groups is 1. The molecule has 9 N–H and O–H groups in total. The third kappa shape index (κ3) is 2.49. The number of carboxylic acids is 1. The summed E-state index contributed by atoms with van der Waals surface area (Å²) in [5, 5.41) is 8.71. The van der Waals surface area contributed by atoms with Crippen LogP contribution in [0.25, 0.3) is 0 Å². The Kier molecular flexibility index (Phi) is 2.16. The van der Waals surface area contributed by atoms with E-state index in [4.69, 9.17) is 28.0 Å². The van der Waals surface area contributed by atoms with Crippen LogP contribution in [0.2, 0.25) is 0 Å². The van der Waals surface area contributed by atoms with Gasteiger partial charge in [-0.15, -0.1) is 0 Å². The van der Waals surface area contributed by atoms with Crippen molar-refractivity contribution in [1.82, 2.24) is 0 Å². The van der Waals surface area contributed by atoms with Crippen molar-refractivity contribution < 1.29 is 9.90 Å². The van der Waals surface area contributed by atoms with E-state index in [9.17, 15) is 4.79 Å². The van der Waals surface area contributed by atoms with Crippen LogP contribution in [0.5, 0.6) is 0 Å². The van der Waals surface area contributed by atoms with Gasteiger partial charge in [0, 0.05) is 18.4 Å². The Bertz CT molecular complexity index is 270. The average molecular weight is 186 g/mol. The molecule has 0 aromatic rings. The molecular formula is C7H14N4O2. The van der Waals surface area contributed by atoms with E-state index >= 15 is 0 Å². The van der Waals surface area contributed by atoms with E-state index in [0.29, 0.717) is 0 Å². The molecule has 6 nitrogen and oxygen atoms in total. The van der Waals surface area contributed by atoms with Crippen LogP contribution >= 0.6 is 0 Å². The first kappa shape index (κ1) is 10.1. The molecule has 0 aromatic carbocycles. The minimum atomic E-state index is -1.23. The molecule has 0 spiro atoms. The van der Waals surface area contributed by atoms with Gasteiger partial charge in [-0.1, -0.05) is 0 Å². The molecule has 0 heterocycles. The molecule has 0 amide bonds. The van der Waals surface area contributed by atoms with Crippen molar-refractivity contribution in [3.8, 4) is 0 Å². The van der Waals surface area contributed by atoms with Crippen LogP contribution in [0.1, 0.15) is 12.8 Å². The highest BCUT2D eigenvalue weighted by atomic mass is 16.4. The van der Waals surface area contributed by atoms with Crippen molar-refractivity contribution in [1.29, 1.82) is 0 Å². The summed E-state index contributed by atoms with van der Waals surface area (Å²) in [7, 11) is 0. The molecule has 0 bridgehead atoms. The van der Waals surface area contributed by atoms with Crippen molar-refractivity contribution in [2.75, 3.05) is 0 Å². The molecule has 1 aliphatic rings. The molecule has 0 radical (unpaired) electrons. The van der Waals surface area contributed by atoms with E-state index in [-0.39, 0.29) is 18.4 Å². The van der Waals surface area contributed by atoms with Crippen molar-refractivity contribution in [2.45, 2.75) is 24.2 Å². The van der Waals surface area contributed by atoms with Crippen molar-refractivity contribution in [2.24, 2.45) is 22.9 Å². The summed E-state index contributed by atoms with van der Waals surface area (Å²) in [4.78, 5) is 10.6. The summed E-state index contributed by atoms with van der Waals surface area (Å²) in [5.74, 6) is -1.08. The second-order valence-corrected chi connectivity index (χ2v) is 3.67. The first-order valence-corrected chi connectivity index (χ1v) is 3.82. The monoisotopic (exact) mass is 186 g/mol. The smallest absolute Gasteiger partial charge is 0.331 e. The maximum Gasteiger partial charge on any atom is 0.331 e. The van der Waals surface area contributed by atoms with Gasteiger partial charge in [0.1, 0.15) is 0 Å². The van der Waals surface area contributed by atoms with Crippen molar-refractivity contribution >= 4 is 5.97 Å². The molecular weight excluding hydrogens is 172 g/mol. The van der Waals surface area contributed by atoms with Crippen LogP contribution in [-0.4, -0.2) is 22.4 Å². The second-order valence-electron chi connectivity index (χ2n) is 3.67. The summed E-state index contributed by atoms with van der Waals surface area (Å²) in [5.41, 5.74) is 20.0. The number of nitrogens with two attached hydrogens (primary N) is 4. The van der Waals surface area contributed by atoms with Crippen molar-refractivity contribution in [3.05, 3.63) is 11.6 Å². The first-order valence-electron chi connectivity index (χ1n) is 3.82. The highest BCUT2D eigenvalue weighted by Gasteiger charge is 2.37. The first-order chi connectivity index (χ1) is 5.72. The van der Waals surface area contributed by atoms with Gasteiger partial charge < -0.3 is 28.0 Å². The van der Waals surface area contributed by atoms with E-state index in [1.165, 1.54) is 6.08 Å². The van der Waals surface area contributed by atoms with E-state index < -0.39 is 17.3 Å². The number of hydrogen-bond acceptors (Lipinski definition) is 5. The molecule has 0 unspecified atom stereocenters. The minimum Gasteiger partial charge on any atom is -0.478 e. The molecule has 6 heteroatoms. The predicted octanol–water partition coefficient (Wildman–Crippen LogP) is -1.98. The third-order valence-electron chi connectivity index (χ3n) is 1.87. The van der Waals surface area contributed by atoms with Gasteiger partial charge in [0.25, 0.3) is 0 Å². The average Bonchev–Trinajstić information content (AvgIpc) is 1.79. The molecule has 0 saturated heterocycles. The lowest BCUT2D eigenvalue weighted by molar-refractivity contribution is -0.133. The van der Waals surface area contributed by atoms with E-state index in [1.54, 1.807) is 0 Å². The number of carboxylic acid groups (broad SMARTS) is 1. The molecule has 0 aromatic heterocycles. The number of hydrogen-bond donors (Lipinski definition) is 5. The SMILES string of the molecule is NC1(N)C=C(C(=O)O)CC(N)(N)C1. The molecule has 0 aliphatic heterocycles. The lowest BCUT2D eigenvalue weighted by Crippen LogP contribution is -2.63. The third-order valence-corrected chi connectivity index (χ3v) is 1.87. The molecule has 0 atom stereocenters. The van der Waals surface area contributed by atoms with Gasteiger partial charge in [-0.3, -0.25) is 0 Å². The maximum atomic E-state index is 10.6. The summed E-state index contributed by atoms with van der Waals surface area (Å²) in [6.07, 6.45) is 1.54. The Hall–Kier alpha value is -0.950. The van der Waals surface area contributed by atoms with Crippen LogP contribution < -0.4 is 22.9 Å². The highest BCUT2D eigenvalue weighted by molar-refractivity contribution is 5.87. The molecule has 0 fully saturated rings. The molecule has 13 heavy (non-hydrogen) atoms. The van der Waals surface area contributed by atoms with Gasteiger partial charge in [0.15, 0.2) is 0 Å².